The molecule has 0 unspecified atom stereocenters. The zero-order chi connectivity index (χ0) is 19.3. The Morgan fingerprint density at radius 3 is 2.86 bits per heavy atom. The molecule has 0 fully saturated rings. The highest BCUT2D eigenvalue weighted by Crippen LogP contribution is 2.26. The molecule has 28 heavy (non-hydrogen) atoms. The van der Waals surface area contributed by atoms with E-state index in [-0.39, 0.29) is 5.91 Å². The van der Waals surface area contributed by atoms with Gasteiger partial charge in [0.05, 0.1) is 18.3 Å². The molecule has 1 aliphatic rings. The quantitative estimate of drug-likeness (QED) is 0.701. The van der Waals surface area contributed by atoms with E-state index in [9.17, 15) is 4.79 Å². The van der Waals surface area contributed by atoms with E-state index >= 15 is 0 Å². The average molecular weight is 389 g/mol. The summed E-state index contributed by atoms with van der Waals surface area (Å²) in [7, 11) is 0. The number of dihydropyridines is 1. The summed E-state index contributed by atoms with van der Waals surface area (Å²) in [6.07, 6.45) is 11.0. The number of aryl methyl sites for hydroxylation is 1. The molecule has 3 aromatic rings. The van der Waals surface area contributed by atoms with Crippen LogP contribution in [0.25, 0.3) is 16.7 Å². The van der Waals surface area contributed by atoms with Crippen molar-refractivity contribution in [2.75, 3.05) is 6.54 Å². The summed E-state index contributed by atoms with van der Waals surface area (Å²) in [6, 6.07) is 6.09. The highest BCUT2D eigenvalue weighted by atomic mass is 32.1. The minimum absolute atomic E-state index is 0.0468. The number of hydrogen-bond donors (Lipinski definition) is 2. The predicted octanol–water partition coefficient (Wildman–Crippen LogP) is 3.10. The molecule has 7 heteroatoms. The second kappa shape index (κ2) is 8.14. The van der Waals surface area contributed by atoms with Gasteiger partial charge in [-0.1, -0.05) is 6.08 Å². The molecule has 140 valence electrons. The Labute approximate surface area is 167 Å². The standard InChI is InChI=1S/C21H19N5OS/c1-14-8-15(4-5-23-14)17-9-18(28-13-17)10-21(27)26-20-3-2-16(11-25-20)19-12-22-6-7-24-19/h2-9,12-13,25H,10-11H2,1H3,(H,26,27). The van der Waals surface area contributed by atoms with Crippen molar-refractivity contribution in [2.24, 2.45) is 0 Å². The summed E-state index contributed by atoms with van der Waals surface area (Å²) in [5.74, 6) is 0.647. The van der Waals surface area contributed by atoms with Gasteiger partial charge in [0.2, 0.25) is 5.91 Å². The first-order chi connectivity index (χ1) is 13.7. The minimum atomic E-state index is -0.0468. The first kappa shape index (κ1) is 18.1. The largest absolute Gasteiger partial charge is 0.367 e. The fourth-order valence-electron chi connectivity index (χ4n) is 2.92. The van der Waals surface area contributed by atoms with Crippen LogP contribution in [0.2, 0.25) is 0 Å². The number of nitrogens with zero attached hydrogens (tertiary/aromatic N) is 3. The van der Waals surface area contributed by atoms with Crippen LogP contribution in [0.1, 0.15) is 16.3 Å². The van der Waals surface area contributed by atoms with E-state index in [2.05, 4.69) is 37.0 Å². The van der Waals surface area contributed by atoms with Gasteiger partial charge in [-0.15, -0.1) is 11.3 Å². The van der Waals surface area contributed by atoms with Gasteiger partial charge in [-0.05, 0) is 53.3 Å². The van der Waals surface area contributed by atoms with Crippen LogP contribution < -0.4 is 10.6 Å². The summed E-state index contributed by atoms with van der Waals surface area (Å²) in [4.78, 5) is 26.0. The van der Waals surface area contributed by atoms with E-state index in [1.165, 1.54) is 0 Å². The fraction of sp³-hybridized carbons (Fsp3) is 0.143. The van der Waals surface area contributed by atoms with E-state index in [1.807, 2.05) is 31.2 Å². The molecule has 0 bridgehead atoms. The molecule has 0 spiro atoms. The van der Waals surface area contributed by atoms with Crippen molar-refractivity contribution < 1.29 is 4.79 Å². The smallest absolute Gasteiger partial charge is 0.230 e. The zero-order valence-electron chi connectivity index (χ0n) is 15.3. The van der Waals surface area contributed by atoms with Crippen molar-refractivity contribution in [3.8, 4) is 11.1 Å². The normalized spacial score (nSPS) is 13.3. The SMILES string of the molecule is Cc1cc(-c2csc(CC(=O)NC3=CC=C(c4cnccn4)CN3)c2)ccn1. The lowest BCUT2D eigenvalue weighted by molar-refractivity contribution is -0.119. The maximum atomic E-state index is 12.4. The van der Waals surface area contributed by atoms with Gasteiger partial charge in [0, 0.05) is 35.7 Å². The predicted molar refractivity (Wildman–Crippen MR) is 110 cm³/mol. The highest BCUT2D eigenvalue weighted by molar-refractivity contribution is 7.10. The van der Waals surface area contributed by atoms with Crippen LogP contribution in [-0.2, 0) is 11.2 Å². The van der Waals surface area contributed by atoms with E-state index < -0.39 is 0 Å². The number of amides is 1. The summed E-state index contributed by atoms with van der Waals surface area (Å²) in [5.41, 5.74) is 5.07. The van der Waals surface area contributed by atoms with Gasteiger partial charge in [0.15, 0.2) is 0 Å². The van der Waals surface area contributed by atoms with Crippen LogP contribution in [0, 0.1) is 6.92 Å². The molecule has 1 aliphatic heterocycles. The molecule has 0 saturated heterocycles. The van der Waals surface area contributed by atoms with Crippen LogP contribution in [0.4, 0.5) is 0 Å². The van der Waals surface area contributed by atoms with Gasteiger partial charge in [0.25, 0.3) is 0 Å². The lowest BCUT2D eigenvalue weighted by Crippen LogP contribution is -2.34. The summed E-state index contributed by atoms with van der Waals surface area (Å²) >= 11 is 1.59. The van der Waals surface area contributed by atoms with Gasteiger partial charge < -0.3 is 10.6 Å². The van der Waals surface area contributed by atoms with Gasteiger partial charge in [-0.2, -0.15) is 0 Å². The number of thiophene rings is 1. The van der Waals surface area contributed by atoms with E-state index in [1.54, 1.807) is 36.1 Å². The molecule has 3 aromatic heterocycles. The molecular formula is C21H19N5OS. The van der Waals surface area contributed by atoms with E-state index in [4.69, 9.17) is 0 Å². The van der Waals surface area contributed by atoms with Crippen molar-refractivity contribution in [1.29, 1.82) is 0 Å². The van der Waals surface area contributed by atoms with Crippen molar-refractivity contribution in [3.63, 3.8) is 0 Å². The van der Waals surface area contributed by atoms with Crippen LogP contribution in [0.5, 0.6) is 0 Å². The number of allylic oxidation sites excluding steroid dienone is 2. The van der Waals surface area contributed by atoms with Crippen molar-refractivity contribution in [2.45, 2.75) is 13.3 Å². The molecule has 0 atom stereocenters. The number of aromatic nitrogens is 3. The third-order valence-electron chi connectivity index (χ3n) is 4.31. The number of carbonyl (C=O) groups is 1. The number of carbonyl (C=O) groups excluding carboxylic acids is 1. The Bertz CT molecular complexity index is 1060. The average Bonchev–Trinajstić information content (AvgIpc) is 3.17. The topological polar surface area (TPSA) is 79.8 Å². The molecule has 0 saturated carbocycles. The zero-order valence-corrected chi connectivity index (χ0v) is 16.2. The Hall–Kier alpha value is -3.32. The van der Waals surface area contributed by atoms with E-state index in [0.717, 1.165) is 33.0 Å². The van der Waals surface area contributed by atoms with Gasteiger partial charge in [-0.25, -0.2) is 0 Å². The van der Waals surface area contributed by atoms with Crippen LogP contribution in [0.3, 0.4) is 0 Å². The highest BCUT2D eigenvalue weighted by Gasteiger charge is 2.12. The van der Waals surface area contributed by atoms with Gasteiger partial charge >= 0.3 is 0 Å². The molecule has 0 radical (unpaired) electrons. The monoisotopic (exact) mass is 389 g/mol. The van der Waals surface area contributed by atoms with Crippen LogP contribution in [0.15, 0.2) is 66.3 Å². The van der Waals surface area contributed by atoms with Crippen LogP contribution >= 0.6 is 11.3 Å². The maximum absolute atomic E-state index is 12.4. The fourth-order valence-corrected chi connectivity index (χ4v) is 3.81. The molecule has 2 N–H and O–H groups in total. The number of hydrogen-bond acceptors (Lipinski definition) is 6. The minimum Gasteiger partial charge on any atom is -0.367 e. The summed E-state index contributed by atoms with van der Waals surface area (Å²) < 4.78 is 0. The Kier molecular flexibility index (Phi) is 5.25. The van der Waals surface area contributed by atoms with Crippen molar-refractivity contribution in [1.82, 2.24) is 25.6 Å². The Balaban J connectivity index is 1.38. The lowest BCUT2D eigenvalue weighted by Gasteiger charge is -2.17. The maximum Gasteiger partial charge on any atom is 0.230 e. The summed E-state index contributed by atoms with van der Waals surface area (Å²) in [5, 5.41) is 8.21. The first-order valence-electron chi connectivity index (χ1n) is 8.89. The lowest BCUT2D eigenvalue weighted by atomic mass is 10.1. The third kappa shape index (κ3) is 4.32. The molecule has 0 aromatic carbocycles. The molecule has 1 amide bonds. The second-order valence-electron chi connectivity index (χ2n) is 6.43. The first-order valence-corrected chi connectivity index (χ1v) is 9.77. The Morgan fingerprint density at radius 2 is 2.11 bits per heavy atom. The molecule has 6 nitrogen and oxygen atoms in total. The molecule has 4 rings (SSSR count). The molecule has 4 heterocycles. The summed E-state index contributed by atoms with van der Waals surface area (Å²) in [6.45, 7) is 2.56. The van der Waals surface area contributed by atoms with Crippen molar-refractivity contribution in [3.05, 3.63) is 82.6 Å². The number of pyridine rings is 1. The molecular weight excluding hydrogens is 370 g/mol. The van der Waals surface area contributed by atoms with Gasteiger partial charge in [0.1, 0.15) is 5.82 Å². The Morgan fingerprint density at radius 1 is 1.18 bits per heavy atom. The molecule has 0 aliphatic carbocycles. The van der Waals surface area contributed by atoms with E-state index in [0.29, 0.717) is 18.8 Å². The van der Waals surface area contributed by atoms with Gasteiger partial charge in [-0.3, -0.25) is 19.7 Å². The second-order valence-corrected chi connectivity index (χ2v) is 7.42. The third-order valence-corrected chi connectivity index (χ3v) is 5.24. The number of nitrogens with one attached hydrogen (secondary N) is 2. The van der Waals surface area contributed by atoms with Crippen LogP contribution in [-0.4, -0.2) is 27.4 Å². The van der Waals surface area contributed by atoms with Crippen molar-refractivity contribution >= 4 is 22.8 Å². The number of rotatable bonds is 5.